The molecule has 0 aliphatic carbocycles. The third-order valence-electron chi connectivity index (χ3n) is 2.40. The van der Waals surface area contributed by atoms with Crippen molar-refractivity contribution in [1.29, 1.82) is 0 Å². The van der Waals surface area contributed by atoms with E-state index < -0.39 is 7.12 Å². The molecule has 1 aliphatic heterocycles. The molecule has 0 fully saturated rings. The number of benzene rings is 1. The van der Waals surface area contributed by atoms with Crippen LogP contribution in [0.5, 0.6) is 5.75 Å². The van der Waals surface area contributed by atoms with Crippen molar-refractivity contribution >= 4 is 19.5 Å². The van der Waals surface area contributed by atoms with Gasteiger partial charge in [-0.25, -0.2) is 0 Å². The lowest BCUT2D eigenvalue weighted by Gasteiger charge is -2.10. The maximum Gasteiger partial charge on any atom is 0.456 e. The van der Waals surface area contributed by atoms with Crippen molar-refractivity contribution in [3.05, 3.63) is 29.8 Å². The number of para-hydroxylation sites is 1. The average Bonchev–Trinajstić information content (AvgIpc) is 2.39. The van der Waals surface area contributed by atoms with E-state index in [0.717, 1.165) is 11.3 Å². The van der Waals surface area contributed by atoms with Crippen LogP contribution in [0, 0.1) is 0 Å². The molecule has 0 amide bonds. The van der Waals surface area contributed by atoms with Gasteiger partial charge in [0.15, 0.2) is 0 Å². The molecule has 0 bridgehead atoms. The summed E-state index contributed by atoms with van der Waals surface area (Å²) >= 11 is 0. The zero-order valence-corrected chi connectivity index (χ0v) is 8.91. The van der Waals surface area contributed by atoms with E-state index in [1.54, 1.807) is 0 Å². The fourth-order valence-corrected chi connectivity index (χ4v) is 1.56. The number of hydrogen-bond acceptors (Lipinski definition) is 4. The molecule has 82 valence electrons. The van der Waals surface area contributed by atoms with E-state index >= 15 is 0 Å². The summed E-state index contributed by atoms with van der Waals surface area (Å²) in [7, 11) is -1.31. The molecule has 3 N–H and O–H groups in total. The number of halogens is 1. The van der Waals surface area contributed by atoms with Crippen LogP contribution in [-0.4, -0.2) is 23.7 Å². The van der Waals surface area contributed by atoms with Crippen molar-refractivity contribution in [2.75, 3.05) is 6.54 Å². The van der Waals surface area contributed by atoms with Gasteiger partial charge < -0.3 is 14.9 Å². The topological polar surface area (TPSA) is 61.7 Å². The van der Waals surface area contributed by atoms with Gasteiger partial charge in [-0.2, -0.15) is 5.48 Å². The number of nitrogens with one attached hydrogen (secondary N) is 1. The molecule has 1 heterocycles. The Bertz CT molecular complexity index is 324. The average molecular weight is 229 g/mol. The molecule has 0 aromatic heterocycles. The highest BCUT2D eigenvalue weighted by molar-refractivity contribution is 6.43. The lowest BCUT2D eigenvalue weighted by Crippen LogP contribution is -2.31. The van der Waals surface area contributed by atoms with E-state index in [1.165, 1.54) is 0 Å². The smallest absolute Gasteiger partial charge is 0.427 e. The van der Waals surface area contributed by atoms with Crippen LogP contribution in [0.4, 0.5) is 0 Å². The Hall–Kier alpha value is -0.745. The third-order valence-corrected chi connectivity index (χ3v) is 2.40. The fourth-order valence-electron chi connectivity index (χ4n) is 1.56. The first-order valence-electron chi connectivity index (χ1n) is 4.61. The van der Waals surface area contributed by atoms with Gasteiger partial charge in [-0.15, -0.1) is 12.4 Å². The van der Waals surface area contributed by atoms with Crippen molar-refractivity contribution in [3.8, 4) is 5.75 Å². The summed E-state index contributed by atoms with van der Waals surface area (Å²) in [5, 5.41) is 18.2. The van der Waals surface area contributed by atoms with Gasteiger partial charge in [0.1, 0.15) is 5.75 Å². The first-order chi connectivity index (χ1) is 6.77. The molecule has 15 heavy (non-hydrogen) atoms. The molecule has 6 heteroatoms. The second-order valence-electron chi connectivity index (χ2n) is 3.44. The Labute approximate surface area is 94.8 Å². The Morgan fingerprint density at radius 1 is 1.33 bits per heavy atom. The lowest BCUT2D eigenvalue weighted by molar-refractivity contribution is 0.198. The number of rotatable bonds is 1. The van der Waals surface area contributed by atoms with E-state index in [0.29, 0.717) is 13.0 Å². The molecule has 1 aromatic carbocycles. The van der Waals surface area contributed by atoms with Crippen molar-refractivity contribution in [3.63, 3.8) is 0 Å². The predicted octanol–water partition coefficient (Wildman–Crippen LogP) is 0.391. The normalized spacial score (nSPS) is 19.2. The first-order valence-corrected chi connectivity index (χ1v) is 4.61. The molecule has 2 rings (SSSR count). The quantitative estimate of drug-likeness (QED) is 0.610. The Morgan fingerprint density at radius 2 is 2.07 bits per heavy atom. The SMILES string of the molecule is Cl.OB(O)C1CNOc2ccccc2C1. The number of hydrogen-bond donors (Lipinski definition) is 3. The predicted molar refractivity (Wildman–Crippen MR) is 60.0 cm³/mol. The van der Waals surface area contributed by atoms with Crippen LogP contribution in [0.2, 0.25) is 5.82 Å². The zero-order valence-electron chi connectivity index (χ0n) is 8.09. The van der Waals surface area contributed by atoms with Crippen LogP contribution in [0.1, 0.15) is 5.56 Å². The maximum atomic E-state index is 9.09. The summed E-state index contributed by atoms with van der Waals surface area (Å²) in [6.07, 6.45) is 0.612. The summed E-state index contributed by atoms with van der Waals surface area (Å²) in [5.41, 5.74) is 3.71. The third kappa shape index (κ3) is 2.85. The largest absolute Gasteiger partial charge is 0.456 e. The van der Waals surface area contributed by atoms with Crippen LogP contribution in [0.25, 0.3) is 0 Å². The molecule has 4 nitrogen and oxygen atoms in total. The number of fused-ring (bicyclic) bond motifs is 1. The van der Waals surface area contributed by atoms with E-state index in [-0.39, 0.29) is 18.2 Å². The second-order valence-corrected chi connectivity index (χ2v) is 3.44. The highest BCUT2D eigenvalue weighted by atomic mass is 35.5. The summed E-state index contributed by atoms with van der Waals surface area (Å²) in [4.78, 5) is 5.26. The van der Waals surface area contributed by atoms with Crippen LogP contribution in [0.15, 0.2) is 24.3 Å². The fraction of sp³-hybridized carbons (Fsp3) is 0.333. The summed E-state index contributed by atoms with van der Waals surface area (Å²) in [6.45, 7) is 0.437. The van der Waals surface area contributed by atoms with Gasteiger partial charge in [-0.05, 0) is 18.1 Å². The molecule has 0 spiro atoms. The minimum absolute atomic E-state index is 0. The Balaban J connectivity index is 0.00000112. The van der Waals surface area contributed by atoms with Gasteiger partial charge >= 0.3 is 7.12 Å². The monoisotopic (exact) mass is 229 g/mol. The van der Waals surface area contributed by atoms with Crippen molar-refractivity contribution in [2.45, 2.75) is 12.2 Å². The van der Waals surface area contributed by atoms with Crippen LogP contribution in [-0.2, 0) is 6.42 Å². The lowest BCUT2D eigenvalue weighted by atomic mass is 9.70. The molecular weight excluding hydrogens is 216 g/mol. The van der Waals surface area contributed by atoms with Crippen LogP contribution < -0.4 is 10.3 Å². The molecule has 0 saturated carbocycles. The van der Waals surface area contributed by atoms with E-state index in [1.807, 2.05) is 24.3 Å². The highest BCUT2D eigenvalue weighted by Crippen LogP contribution is 2.25. The zero-order chi connectivity index (χ0) is 9.97. The van der Waals surface area contributed by atoms with E-state index in [2.05, 4.69) is 5.48 Å². The standard InChI is InChI=1S/C9H12BNO3.ClH/c12-10(13)8-5-7-3-1-2-4-9(7)14-11-6-8;/h1-4,8,11-13H,5-6H2;1H. The molecule has 1 aliphatic rings. The van der Waals surface area contributed by atoms with Crippen molar-refractivity contribution < 1.29 is 14.9 Å². The van der Waals surface area contributed by atoms with Gasteiger partial charge in [0.25, 0.3) is 0 Å². The molecule has 1 aromatic rings. The molecule has 0 radical (unpaired) electrons. The first kappa shape index (κ1) is 12.3. The van der Waals surface area contributed by atoms with Crippen LogP contribution >= 0.6 is 12.4 Å². The second kappa shape index (κ2) is 5.37. The Kier molecular flexibility index (Phi) is 4.41. The minimum atomic E-state index is -1.31. The number of hydroxylamine groups is 1. The van der Waals surface area contributed by atoms with Gasteiger partial charge in [-0.1, -0.05) is 18.2 Å². The van der Waals surface area contributed by atoms with Gasteiger partial charge in [0, 0.05) is 12.4 Å². The molecular formula is C9H13BClNO3. The Morgan fingerprint density at radius 3 is 2.80 bits per heavy atom. The van der Waals surface area contributed by atoms with Crippen LogP contribution in [0.3, 0.4) is 0 Å². The van der Waals surface area contributed by atoms with Crippen molar-refractivity contribution in [2.24, 2.45) is 0 Å². The minimum Gasteiger partial charge on any atom is -0.427 e. The van der Waals surface area contributed by atoms with E-state index in [9.17, 15) is 0 Å². The summed E-state index contributed by atoms with van der Waals surface area (Å²) in [5.74, 6) is 0.536. The van der Waals surface area contributed by atoms with Gasteiger partial charge in [-0.3, -0.25) is 0 Å². The highest BCUT2D eigenvalue weighted by Gasteiger charge is 2.26. The van der Waals surface area contributed by atoms with E-state index in [4.69, 9.17) is 14.9 Å². The molecule has 1 atom stereocenters. The molecule has 1 unspecified atom stereocenters. The summed E-state index contributed by atoms with van der Waals surface area (Å²) in [6, 6.07) is 7.58. The van der Waals surface area contributed by atoms with Gasteiger partial charge in [0.05, 0.1) is 0 Å². The maximum absolute atomic E-state index is 9.09. The summed E-state index contributed by atoms with van der Waals surface area (Å²) < 4.78 is 0. The van der Waals surface area contributed by atoms with Crippen molar-refractivity contribution in [1.82, 2.24) is 5.48 Å². The van der Waals surface area contributed by atoms with Gasteiger partial charge in [0.2, 0.25) is 0 Å². The molecule has 0 saturated heterocycles.